The molecule has 5 heterocycles. The lowest BCUT2D eigenvalue weighted by Gasteiger charge is -2.44. The summed E-state index contributed by atoms with van der Waals surface area (Å²) in [6.45, 7) is 5.39. The van der Waals surface area contributed by atoms with Gasteiger partial charge in [-0.2, -0.15) is 0 Å². The number of thiophene rings is 1. The van der Waals surface area contributed by atoms with Gasteiger partial charge in [0.25, 0.3) is 5.91 Å². The van der Waals surface area contributed by atoms with Gasteiger partial charge in [-0.05, 0) is 68.6 Å². The number of nitrogens with zero attached hydrogens (tertiary/aromatic N) is 2. The molecule has 3 aliphatic rings. The van der Waals surface area contributed by atoms with Crippen LogP contribution in [0.4, 0.5) is 0 Å². The summed E-state index contributed by atoms with van der Waals surface area (Å²) in [5.41, 5.74) is 2.12. The SMILES string of the molecule is Cc1cc(-c2ccc(C(=O)NC3CN4CCC3CC4)s2)ccn1. The van der Waals surface area contributed by atoms with Gasteiger partial charge in [0.2, 0.25) is 0 Å². The maximum atomic E-state index is 12.6. The normalized spacial score (nSPS) is 26.2. The Morgan fingerprint density at radius 3 is 2.83 bits per heavy atom. The zero-order valence-electron chi connectivity index (χ0n) is 13.3. The van der Waals surface area contributed by atoms with Crippen molar-refractivity contribution < 1.29 is 4.79 Å². The molecule has 5 rings (SSSR count). The topological polar surface area (TPSA) is 45.2 Å². The highest BCUT2D eigenvalue weighted by atomic mass is 32.1. The molecule has 2 aromatic heterocycles. The molecule has 3 fully saturated rings. The summed E-state index contributed by atoms with van der Waals surface area (Å²) < 4.78 is 0. The molecule has 120 valence electrons. The van der Waals surface area contributed by atoms with Crippen molar-refractivity contribution in [3.8, 4) is 10.4 Å². The van der Waals surface area contributed by atoms with Gasteiger partial charge in [-0.3, -0.25) is 9.78 Å². The van der Waals surface area contributed by atoms with Crippen LogP contribution in [0.15, 0.2) is 30.5 Å². The first kappa shape index (κ1) is 14.8. The summed E-state index contributed by atoms with van der Waals surface area (Å²) in [6, 6.07) is 8.34. The fourth-order valence-electron chi connectivity index (χ4n) is 3.68. The van der Waals surface area contributed by atoms with E-state index >= 15 is 0 Å². The number of nitrogens with one attached hydrogen (secondary N) is 1. The third-order valence-corrected chi connectivity index (χ3v) is 6.12. The van der Waals surface area contributed by atoms with Gasteiger partial charge in [0, 0.05) is 29.4 Å². The average molecular weight is 327 g/mol. The van der Waals surface area contributed by atoms with Crippen molar-refractivity contribution in [1.82, 2.24) is 15.2 Å². The number of carbonyl (C=O) groups is 1. The molecular weight excluding hydrogens is 306 g/mol. The molecule has 3 aliphatic heterocycles. The van der Waals surface area contributed by atoms with Crippen molar-refractivity contribution in [2.75, 3.05) is 19.6 Å². The third kappa shape index (κ3) is 3.03. The molecule has 0 aliphatic carbocycles. The minimum absolute atomic E-state index is 0.0748. The average Bonchev–Trinajstić information content (AvgIpc) is 3.06. The fourth-order valence-corrected chi connectivity index (χ4v) is 4.59. The van der Waals surface area contributed by atoms with Gasteiger partial charge >= 0.3 is 0 Å². The second-order valence-electron chi connectivity index (χ2n) is 6.57. The number of amides is 1. The number of carbonyl (C=O) groups excluding carboxylic acids is 1. The Bertz CT molecular complexity index is 719. The van der Waals surface area contributed by atoms with Crippen molar-refractivity contribution in [1.29, 1.82) is 0 Å². The van der Waals surface area contributed by atoms with Crippen LogP contribution in [0.3, 0.4) is 0 Å². The Kier molecular flexibility index (Phi) is 3.91. The maximum absolute atomic E-state index is 12.6. The summed E-state index contributed by atoms with van der Waals surface area (Å²) in [5.74, 6) is 0.733. The highest BCUT2D eigenvalue weighted by Gasteiger charge is 2.35. The first-order chi connectivity index (χ1) is 11.2. The first-order valence-electron chi connectivity index (χ1n) is 8.25. The Hall–Kier alpha value is -1.72. The summed E-state index contributed by atoms with van der Waals surface area (Å²) in [4.78, 5) is 21.2. The van der Waals surface area contributed by atoms with Gasteiger partial charge in [0.15, 0.2) is 0 Å². The molecule has 4 nitrogen and oxygen atoms in total. The van der Waals surface area contributed by atoms with Crippen LogP contribution in [0, 0.1) is 12.8 Å². The van der Waals surface area contributed by atoms with Crippen LogP contribution in [0.5, 0.6) is 0 Å². The molecule has 0 spiro atoms. The predicted molar refractivity (Wildman–Crippen MR) is 92.7 cm³/mol. The maximum Gasteiger partial charge on any atom is 0.261 e. The smallest absolute Gasteiger partial charge is 0.261 e. The lowest BCUT2D eigenvalue weighted by atomic mass is 9.84. The van der Waals surface area contributed by atoms with Crippen molar-refractivity contribution in [2.45, 2.75) is 25.8 Å². The number of piperidine rings is 3. The number of hydrogen-bond acceptors (Lipinski definition) is 4. The predicted octanol–water partition coefficient (Wildman–Crippen LogP) is 2.94. The Balaban J connectivity index is 1.47. The largest absolute Gasteiger partial charge is 0.347 e. The van der Waals surface area contributed by atoms with E-state index in [-0.39, 0.29) is 5.91 Å². The van der Waals surface area contributed by atoms with E-state index in [4.69, 9.17) is 0 Å². The van der Waals surface area contributed by atoms with Crippen LogP contribution in [-0.2, 0) is 0 Å². The van der Waals surface area contributed by atoms with Crippen molar-refractivity contribution in [3.05, 3.63) is 41.0 Å². The van der Waals surface area contributed by atoms with Gasteiger partial charge in [-0.25, -0.2) is 0 Å². The van der Waals surface area contributed by atoms with E-state index in [1.807, 2.05) is 31.3 Å². The van der Waals surface area contributed by atoms with E-state index in [0.29, 0.717) is 12.0 Å². The van der Waals surface area contributed by atoms with Crippen molar-refractivity contribution in [3.63, 3.8) is 0 Å². The van der Waals surface area contributed by atoms with E-state index in [1.54, 1.807) is 11.3 Å². The molecule has 0 saturated carbocycles. The van der Waals surface area contributed by atoms with Crippen LogP contribution >= 0.6 is 11.3 Å². The third-order valence-electron chi connectivity index (χ3n) is 4.98. The zero-order valence-corrected chi connectivity index (χ0v) is 14.1. The molecule has 2 aromatic rings. The molecule has 1 unspecified atom stereocenters. The van der Waals surface area contributed by atoms with Crippen LogP contribution in [0.25, 0.3) is 10.4 Å². The minimum Gasteiger partial charge on any atom is -0.347 e. The molecule has 1 N–H and O–H groups in total. The van der Waals surface area contributed by atoms with Gasteiger partial charge in [-0.15, -0.1) is 11.3 Å². The van der Waals surface area contributed by atoms with E-state index in [2.05, 4.69) is 21.3 Å². The van der Waals surface area contributed by atoms with Crippen LogP contribution in [0.2, 0.25) is 0 Å². The lowest BCUT2D eigenvalue weighted by molar-refractivity contribution is 0.0622. The number of pyridine rings is 1. The monoisotopic (exact) mass is 327 g/mol. The van der Waals surface area contributed by atoms with Gasteiger partial charge in [0.1, 0.15) is 0 Å². The minimum atomic E-state index is 0.0748. The van der Waals surface area contributed by atoms with E-state index in [1.165, 1.54) is 25.9 Å². The van der Waals surface area contributed by atoms with Crippen molar-refractivity contribution >= 4 is 17.2 Å². The van der Waals surface area contributed by atoms with Gasteiger partial charge in [-0.1, -0.05) is 0 Å². The first-order valence-corrected chi connectivity index (χ1v) is 9.07. The zero-order chi connectivity index (χ0) is 15.8. The van der Waals surface area contributed by atoms with Gasteiger partial charge < -0.3 is 10.2 Å². The van der Waals surface area contributed by atoms with Crippen LogP contribution < -0.4 is 5.32 Å². The number of aromatic nitrogens is 1. The molecular formula is C18H21N3OS. The van der Waals surface area contributed by atoms with E-state index in [9.17, 15) is 4.79 Å². The molecule has 2 bridgehead atoms. The summed E-state index contributed by atoms with van der Waals surface area (Å²) in [5, 5.41) is 3.26. The number of fused-ring (bicyclic) bond motifs is 3. The standard InChI is InChI=1S/C18H21N3OS/c1-12-10-14(4-7-19-12)16-2-3-17(23-16)18(22)20-15-11-21-8-5-13(15)6-9-21/h2-4,7,10,13,15H,5-6,8-9,11H2,1H3,(H,20,22). The Morgan fingerprint density at radius 1 is 1.30 bits per heavy atom. The highest BCUT2D eigenvalue weighted by Crippen LogP contribution is 2.30. The Labute approximate surface area is 140 Å². The molecule has 0 aromatic carbocycles. The lowest BCUT2D eigenvalue weighted by Crippen LogP contribution is -2.57. The molecule has 23 heavy (non-hydrogen) atoms. The molecule has 1 amide bonds. The number of aryl methyl sites for hydroxylation is 1. The van der Waals surface area contributed by atoms with E-state index < -0.39 is 0 Å². The highest BCUT2D eigenvalue weighted by molar-refractivity contribution is 7.17. The number of rotatable bonds is 3. The number of hydrogen-bond donors (Lipinski definition) is 1. The fraction of sp³-hybridized carbons (Fsp3) is 0.444. The summed E-state index contributed by atoms with van der Waals surface area (Å²) in [7, 11) is 0. The second kappa shape index (κ2) is 6.06. The van der Waals surface area contributed by atoms with Crippen molar-refractivity contribution in [2.24, 2.45) is 5.92 Å². The molecule has 1 atom stereocenters. The summed E-state index contributed by atoms with van der Waals surface area (Å²) in [6.07, 6.45) is 4.26. The van der Waals surface area contributed by atoms with E-state index in [0.717, 1.165) is 27.6 Å². The molecule has 0 radical (unpaired) electrons. The molecule has 5 heteroatoms. The van der Waals surface area contributed by atoms with Crippen LogP contribution in [0.1, 0.15) is 28.2 Å². The second-order valence-corrected chi connectivity index (χ2v) is 7.65. The summed E-state index contributed by atoms with van der Waals surface area (Å²) >= 11 is 1.56. The van der Waals surface area contributed by atoms with Gasteiger partial charge in [0.05, 0.1) is 4.88 Å². The quantitative estimate of drug-likeness (QED) is 0.943. The Morgan fingerprint density at radius 2 is 2.13 bits per heavy atom. The molecule has 3 saturated heterocycles. The van der Waals surface area contributed by atoms with Crippen LogP contribution in [-0.4, -0.2) is 41.5 Å².